The molecule has 0 fully saturated rings. The SMILES string of the molecule is CCC(C)N(C)C(=O)c1cc2ccsc2c(-c2ccccc2)n1. The Kier molecular flexibility index (Phi) is 4.44. The zero-order valence-corrected chi connectivity index (χ0v) is 14.4. The predicted octanol–water partition coefficient (Wildman–Crippen LogP) is 4.83. The predicted molar refractivity (Wildman–Crippen MR) is 96.9 cm³/mol. The molecule has 0 aliphatic rings. The average Bonchev–Trinajstić information content (AvgIpc) is 3.08. The van der Waals surface area contributed by atoms with Crippen molar-refractivity contribution in [1.29, 1.82) is 0 Å². The first-order chi connectivity index (χ1) is 11.1. The van der Waals surface area contributed by atoms with Crippen LogP contribution in [0, 0.1) is 0 Å². The number of carbonyl (C=O) groups excluding carboxylic acids is 1. The molecule has 1 aromatic carbocycles. The molecular weight excluding hydrogens is 304 g/mol. The summed E-state index contributed by atoms with van der Waals surface area (Å²) in [6, 6.07) is 14.2. The highest BCUT2D eigenvalue weighted by Crippen LogP contribution is 2.32. The lowest BCUT2D eigenvalue weighted by Crippen LogP contribution is -2.35. The van der Waals surface area contributed by atoms with Crippen LogP contribution >= 0.6 is 11.3 Å². The zero-order chi connectivity index (χ0) is 16.4. The quantitative estimate of drug-likeness (QED) is 0.688. The fourth-order valence-corrected chi connectivity index (χ4v) is 3.42. The molecule has 0 aliphatic heterocycles. The molecule has 3 aromatic rings. The molecule has 0 saturated heterocycles. The van der Waals surface area contributed by atoms with Crippen LogP contribution in [-0.2, 0) is 0 Å². The lowest BCUT2D eigenvalue weighted by molar-refractivity contribution is 0.0735. The van der Waals surface area contributed by atoms with E-state index in [0.717, 1.165) is 27.8 Å². The van der Waals surface area contributed by atoms with E-state index in [1.807, 2.05) is 54.9 Å². The van der Waals surface area contributed by atoms with E-state index in [-0.39, 0.29) is 11.9 Å². The second-order valence-corrected chi connectivity index (χ2v) is 6.65. The summed E-state index contributed by atoms with van der Waals surface area (Å²) in [5.74, 6) is -0.0235. The zero-order valence-electron chi connectivity index (χ0n) is 13.6. The number of thiophene rings is 1. The van der Waals surface area contributed by atoms with Gasteiger partial charge in [0.15, 0.2) is 0 Å². The molecule has 0 aliphatic carbocycles. The van der Waals surface area contributed by atoms with Crippen LogP contribution in [-0.4, -0.2) is 28.9 Å². The summed E-state index contributed by atoms with van der Waals surface area (Å²) in [6.07, 6.45) is 0.925. The number of nitrogens with zero attached hydrogens (tertiary/aromatic N) is 2. The van der Waals surface area contributed by atoms with Gasteiger partial charge in [0.25, 0.3) is 5.91 Å². The summed E-state index contributed by atoms with van der Waals surface area (Å²) in [5, 5.41) is 3.12. The normalized spacial score (nSPS) is 12.3. The molecule has 2 heterocycles. The number of amides is 1. The number of hydrogen-bond acceptors (Lipinski definition) is 3. The third-order valence-electron chi connectivity index (χ3n) is 4.27. The third-order valence-corrected chi connectivity index (χ3v) is 5.21. The summed E-state index contributed by atoms with van der Waals surface area (Å²) in [5.41, 5.74) is 2.44. The lowest BCUT2D eigenvalue weighted by atomic mass is 10.1. The van der Waals surface area contributed by atoms with Crippen molar-refractivity contribution in [1.82, 2.24) is 9.88 Å². The Morgan fingerprint density at radius 3 is 2.70 bits per heavy atom. The number of benzene rings is 1. The Bertz CT molecular complexity index is 826. The van der Waals surface area contributed by atoms with Gasteiger partial charge in [-0.05, 0) is 36.2 Å². The Morgan fingerprint density at radius 1 is 1.26 bits per heavy atom. The van der Waals surface area contributed by atoms with Gasteiger partial charge in [0.2, 0.25) is 0 Å². The molecule has 1 amide bonds. The third kappa shape index (κ3) is 2.99. The highest BCUT2D eigenvalue weighted by Gasteiger charge is 2.20. The summed E-state index contributed by atoms with van der Waals surface area (Å²) < 4.78 is 1.12. The second kappa shape index (κ2) is 6.50. The number of pyridine rings is 1. The number of fused-ring (bicyclic) bond motifs is 1. The van der Waals surface area contributed by atoms with Gasteiger partial charge in [-0.15, -0.1) is 11.3 Å². The highest BCUT2D eigenvalue weighted by molar-refractivity contribution is 7.17. The van der Waals surface area contributed by atoms with E-state index >= 15 is 0 Å². The molecule has 23 heavy (non-hydrogen) atoms. The van der Waals surface area contributed by atoms with Crippen molar-refractivity contribution < 1.29 is 4.79 Å². The van der Waals surface area contributed by atoms with Crippen LogP contribution in [0.5, 0.6) is 0 Å². The van der Waals surface area contributed by atoms with Gasteiger partial charge in [-0.3, -0.25) is 4.79 Å². The van der Waals surface area contributed by atoms with E-state index in [2.05, 4.69) is 13.8 Å². The molecule has 0 saturated carbocycles. The minimum Gasteiger partial charge on any atom is -0.338 e. The molecule has 0 N–H and O–H groups in total. The minimum absolute atomic E-state index is 0.0235. The lowest BCUT2D eigenvalue weighted by Gasteiger charge is -2.23. The molecule has 0 bridgehead atoms. The van der Waals surface area contributed by atoms with E-state index < -0.39 is 0 Å². The fourth-order valence-electron chi connectivity index (χ4n) is 2.53. The van der Waals surface area contributed by atoms with Gasteiger partial charge in [-0.1, -0.05) is 37.3 Å². The van der Waals surface area contributed by atoms with Crippen LogP contribution in [0.4, 0.5) is 0 Å². The fraction of sp³-hybridized carbons (Fsp3) is 0.263. The molecule has 1 atom stereocenters. The van der Waals surface area contributed by atoms with Crippen LogP contribution in [0.15, 0.2) is 47.8 Å². The van der Waals surface area contributed by atoms with Gasteiger partial charge in [0.1, 0.15) is 5.69 Å². The maximum absolute atomic E-state index is 12.8. The van der Waals surface area contributed by atoms with Crippen molar-refractivity contribution in [3.8, 4) is 11.3 Å². The van der Waals surface area contributed by atoms with Crippen molar-refractivity contribution in [2.75, 3.05) is 7.05 Å². The second-order valence-electron chi connectivity index (χ2n) is 5.73. The van der Waals surface area contributed by atoms with Crippen molar-refractivity contribution in [2.24, 2.45) is 0 Å². The van der Waals surface area contributed by atoms with Crippen LogP contribution in [0.2, 0.25) is 0 Å². The van der Waals surface area contributed by atoms with Crippen LogP contribution in [0.3, 0.4) is 0 Å². The Hall–Kier alpha value is -2.20. The number of aromatic nitrogens is 1. The first-order valence-electron chi connectivity index (χ1n) is 7.82. The van der Waals surface area contributed by atoms with E-state index in [9.17, 15) is 4.79 Å². The summed E-state index contributed by atoms with van der Waals surface area (Å²) in [7, 11) is 1.85. The monoisotopic (exact) mass is 324 g/mol. The maximum Gasteiger partial charge on any atom is 0.272 e. The first kappa shape index (κ1) is 15.7. The molecule has 2 aromatic heterocycles. The number of rotatable bonds is 4. The van der Waals surface area contributed by atoms with Crippen molar-refractivity contribution >= 4 is 27.3 Å². The van der Waals surface area contributed by atoms with Crippen molar-refractivity contribution in [3.05, 3.63) is 53.5 Å². The molecule has 1 unspecified atom stereocenters. The molecule has 3 nitrogen and oxygen atoms in total. The van der Waals surface area contributed by atoms with Gasteiger partial charge in [0, 0.05) is 18.7 Å². The molecule has 0 spiro atoms. The van der Waals surface area contributed by atoms with Crippen LogP contribution in [0.1, 0.15) is 30.8 Å². The Morgan fingerprint density at radius 2 is 2.00 bits per heavy atom. The largest absolute Gasteiger partial charge is 0.338 e. The van der Waals surface area contributed by atoms with Crippen molar-refractivity contribution in [2.45, 2.75) is 26.3 Å². The summed E-state index contributed by atoms with van der Waals surface area (Å²) in [4.78, 5) is 19.2. The standard InChI is InChI=1S/C19H20N2OS/c1-4-13(2)21(3)19(22)16-12-15-10-11-23-18(15)17(20-16)14-8-6-5-7-9-14/h5-13H,4H2,1-3H3. The summed E-state index contributed by atoms with van der Waals surface area (Å²) >= 11 is 1.66. The van der Waals surface area contributed by atoms with Gasteiger partial charge >= 0.3 is 0 Å². The number of carbonyl (C=O) groups is 1. The molecular formula is C19H20N2OS. The van der Waals surface area contributed by atoms with E-state index in [0.29, 0.717) is 5.69 Å². The van der Waals surface area contributed by atoms with E-state index in [1.54, 1.807) is 16.2 Å². The molecule has 118 valence electrons. The molecule has 3 rings (SSSR count). The van der Waals surface area contributed by atoms with Gasteiger partial charge in [-0.2, -0.15) is 0 Å². The maximum atomic E-state index is 12.8. The number of hydrogen-bond donors (Lipinski definition) is 0. The smallest absolute Gasteiger partial charge is 0.272 e. The van der Waals surface area contributed by atoms with Crippen LogP contribution < -0.4 is 0 Å². The highest BCUT2D eigenvalue weighted by atomic mass is 32.1. The Balaban J connectivity index is 2.11. The molecule has 4 heteroatoms. The average molecular weight is 324 g/mol. The Labute approximate surface area is 140 Å². The van der Waals surface area contributed by atoms with E-state index in [1.165, 1.54) is 0 Å². The van der Waals surface area contributed by atoms with Gasteiger partial charge in [0.05, 0.1) is 10.4 Å². The van der Waals surface area contributed by atoms with Crippen LogP contribution in [0.25, 0.3) is 21.3 Å². The van der Waals surface area contributed by atoms with E-state index in [4.69, 9.17) is 4.98 Å². The van der Waals surface area contributed by atoms with Gasteiger partial charge in [-0.25, -0.2) is 4.98 Å². The molecule has 0 radical (unpaired) electrons. The summed E-state index contributed by atoms with van der Waals surface area (Å²) in [6.45, 7) is 4.14. The first-order valence-corrected chi connectivity index (χ1v) is 8.70. The van der Waals surface area contributed by atoms with Crippen molar-refractivity contribution in [3.63, 3.8) is 0 Å². The topological polar surface area (TPSA) is 33.2 Å². The van der Waals surface area contributed by atoms with Gasteiger partial charge < -0.3 is 4.90 Å². The minimum atomic E-state index is -0.0235.